The molecule has 5 nitrogen and oxygen atoms in total. The molecule has 0 unspecified atom stereocenters. The first-order valence-corrected chi connectivity index (χ1v) is 7.70. The molecule has 0 amide bonds. The lowest BCUT2D eigenvalue weighted by Gasteiger charge is -2.11. The average Bonchev–Trinajstić information content (AvgIpc) is 2.46. The zero-order valence-corrected chi connectivity index (χ0v) is 12.0. The van der Waals surface area contributed by atoms with E-state index in [0.717, 1.165) is 11.1 Å². The normalized spacial score (nSPS) is 11.5. The maximum atomic E-state index is 12.3. The van der Waals surface area contributed by atoms with Gasteiger partial charge >= 0.3 is 0 Å². The van der Waals surface area contributed by atoms with Gasteiger partial charge in [0.1, 0.15) is 0 Å². The molecule has 0 saturated heterocycles. The molecule has 3 N–H and O–H groups in total. The van der Waals surface area contributed by atoms with Crippen LogP contribution in [0, 0.1) is 6.92 Å². The molecule has 0 fully saturated rings. The van der Waals surface area contributed by atoms with Gasteiger partial charge in [0.05, 0.1) is 4.90 Å². The Morgan fingerprint density at radius 1 is 1.25 bits per heavy atom. The molecule has 0 aliphatic heterocycles. The molecule has 2 aromatic rings. The summed E-state index contributed by atoms with van der Waals surface area (Å²) in [5.74, 6) is 0. The summed E-state index contributed by atoms with van der Waals surface area (Å²) in [4.78, 5) is 4.22. The topological polar surface area (TPSA) is 85.1 Å². The Balaban J connectivity index is 2.23. The number of aromatic nitrogens is 1. The van der Waals surface area contributed by atoms with E-state index < -0.39 is 10.0 Å². The van der Waals surface area contributed by atoms with Crippen LogP contribution in [-0.2, 0) is 23.1 Å². The van der Waals surface area contributed by atoms with Crippen LogP contribution in [0.5, 0.6) is 0 Å². The van der Waals surface area contributed by atoms with Gasteiger partial charge in [-0.25, -0.2) is 13.1 Å². The molecular formula is C14H17N3O2S. The highest BCUT2D eigenvalue weighted by atomic mass is 32.2. The van der Waals surface area contributed by atoms with Crippen molar-refractivity contribution in [2.45, 2.75) is 24.9 Å². The maximum absolute atomic E-state index is 12.3. The van der Waals surface area contributed by atoms with E-state index in [1.165, 1.54) is 0 Å². The number of sulfonamides is 1. The van der Waals surface area contributed by atoms with Crippen LogP contribution >= 0.6 is 0 Å². The van der Waals surface area contributed by atoms with Crippen LogP contribution in [0.2, 0.25) is 0 Å². The van der Waals surface area contributed by atoms with Crippen LogP contribution in [0.1, 0.15) is 16.7 Å². The predicted molar refractivity (Wildman–Crippen MR) is 77.3 cm³/mol. The summed E-state index contributed by atoms with van der Waals surface area (Å²) in [5, 5.41) is 0. The molecule has 0 atom stereocenters. The van der Waals surface area contributed by atoms with Crippen molar-refractivity contribution in [3.8, 4) is 0 Å². The second kappa shape index (κ2) is 6.13. The minimum Gasteiger partial charge on any atom is -0.326 e. The molecule has 1 aromatic heterocycles. The smallest absolute Gasteiger partial charge is 0.241 e. The van der Waals surface area contributed by atoms with Gasteiger partial charge in [-0.05, 0) is 35.7 Å². The number of pyridine rings is 1. The van der Waals surface area contributed by atoms with Crippen molar-refractivity contribution in [2.24, 2.45) is 5.73 Å². The standard InChI is InChI=1S/C14H17N3O2S/c1-11-13(8-15)5-2-6-14(11)20(18,19)17-10-12-4-3-7-16-9-12/h2-7,9,17H,8,10,15H2,1H3. The van der Waals surface area contributed by atoms with E-state index in [1.807, 2.05) is 12.1 Å². The molecule has 0 spiro atoms. The van der Waals surface area contributed by atoms with Crippen LogP contribution in [0.15, 0.2) is 47.6 Å². The Hall–Kier alpha value is -1.76. The number of hydrogen-bond acceptors (Lipinski definition) is 4. The molecular weight excluding hydrogens is 274 g/mol. The molecule has 0 saturated carbocycles. The zero-order chi connectivity index (χ0) is 14.6. The van der Waals surface area contributed by atoms with Gasteiger partial charge in [-0.2, -0.15) is 0 Å². The Morgan fingerprint density at radius 3 is 2.70 bits per heavy atom. The summed E-state index contributed by atoms with van der Waals surface area (Å²) >= 11 is 0. The largest absolute Gasteiger partial charge is 0.326 e. The van der Waals surface area contributed by atoms with Crippen molar-refractivity contribution in [1.29, 1.82) is 0 Å². The van der Waals surface area contributed by atoms with Crippen molar-refractivity contribution in [2.75, 3.05) is 0 Å². The van der Waals surface area contributed by atoms with Crippen molar-refractivity contribution in [3.05, 3.63) is 59.4 Å². The Morgan fingerprint density at radius 2 is 2.05 bits per heavy atom. The molecule has 0 aliphatic carbocycles. The molecule has 1 aromatic carbocycles. The number of hydrogen-bond donors (Lipinski definition) is 2. The first-order valence-electron chi connectivity index (χ1n) is 6.21. The van der Waals surface area contributed by atoms with Crippen LogP contribution in [-0.4, -0.2) is 13.4 Å². The second-order valence-corrected chi connectivity index (χ2v) is 6.17. The minimum atomic E-state index is -3.56. The second-order valence-electron chi connectivity index (χ2n) is 4.43. The minimum absolute atomic E-state index is 0.211. The Bertz CT molecular complexity index is 685. The van der Waals surface area contributed by atoms with Crippen molar-refractivity contribution < 1.29 is 8.42 Å². The fourth-order valence-corrected chi connectivity index (χ4v) is 3.24. The first kappa shape index (κ1) is 14.6. The first-order chi connectivity index (χ1) is 9.54. The molecule has 0 radical (unpaired) electrons. The molecule has 2 rings (SSSR count). The van der Waals surface area contributed by atoms with Crippen molar-refractivity contribution in [1.82, 2.24) is 9.71 Å². The van der Waals surface area contributed by atoms with Crippen LogP contribution in [0.4, 0.5) is 0 Å². The fourth-order valence-electron chi connectivity index (χ4n) is 1.93. The predicted octanol–water partition coefficient (Wildman–Crippen LogP) is 1.33. The van der Waals surface area contributed by atoms with Gasteiger partial charge in [0.25, 0.3) is 0 Å². The highest BCUT2D eigenvalue weighted by molar-refractivity contribution is 7.89. The molecule has 6 heteroatoms. The molecule has 0 bridgehead atoms. The third-order valence-corrected chi connectivity index (χ3v) is 4.64. The summed E-state index contributed by atoms with van der Waals surface area (Å²) < 4.78 is 27.2. The van der Waals surface area contributed by atoms with Crippen molar-refractivity contribution in [3.63, 3.8) is 0 Å². The quantitative estimate of drug-likeness (QED) is 0.870. The van der Waals surface area contributed by atoms with E-state index in [2.05, 4.69) is 9.71 Å². The third-order valence-electron chi connectivity index (χ3n) is 3.09. The van der Waals surface area contributed by atoms with Gasteiger partial charge in [-0.1, -0.05) is 18.2 Å². The van der Waals surface area contributed by atoms with E-state index in [0.29, 0.717) is 12.1 Å². The van der Waals surface area contributed by atoms with Gasteiger partial charge in [-0.3, -0.25) is 4.98 Å². The summed E-state index contributed by atoms with van der Waals surface area (Å²) in [6, 6.07) is 8.70. The molecule has 1 heterocycles. The lowest BCUT2D eigenvalue weighted by atomic mass is 10.1. The number of nitrogens with one attached hydrogen (secondary N) is 1. The van der Waals surface area contributed by atoms with Crippen LogP contribution in [0.25, 0.3) is 0 Å². The van der Waals surface area contributed by atoms with E-state index in [1.54, 1.807) is 37.5 Å². The van der Waals surface area contributed by atoms with E-state index >= 15 is 0 Å². The number of benzene rings is 1. The van der Waals surface area contributed by atoms with Crippen LogP contribution < -0.4 is 10.5 Å². The van der Waals surface area contributed by atoms with Gasteiger partial charge in [0.15, 0.2) is 0 Å². The number of nitrogens with two attached hydrogens (primary N) is 1. The van der Waals surface area contributed by atoms with Gasteiger partial charge in [0, 0.05) is 25.5 Å². The zero-order valence-electron chi connectivity index (χ0n) is 11.2. The lowest BCUT2D eigenvalue weighted by Crippen LogP contribution is -2.24. The highest BCUT2D eigenvalue weighted by Gasteiger charge is 2.17. The molecule has 106 valence electrons. The third kappa shape index (κ3) is 3.22. The van der Waals surface area contributed by atoms with Crippen LogP contribution in [0.3, 0.4) is 0 Å². The van der Waals surface area contributed by atoms with Gasteiger partial charge in [0.2, 0.25) is 10.0 Å². The van der Waals surface area contributed by atoms with Gasteiger partial charge in [-0.15, -0.1) is 0 Å². The monoisotopic (exact) mass is 291 g/mol. The van der Waals surface area contributed by atoms with E-state index in [-0.39, 0.29) is 11.4 Å². The number of nitrogens with zero attached hydrogens (tertiary/aromatic N) is 1. The fraction of sp³-hybridized carbons (Fsp3) is 0.214. The Labute approximate surface area is 118 Å². The highest BCUT2D eigenvalue weighted by Crippen LogP contribution is 2.18. The average molecular weight is 291 g/mol. The Kier molecular flexibility index (Phi) is 4.49. The summed E-state index contributed by atoms with van der Waals surface area (Å²) in [7, 11) is -3.56. The van der Waals surface area contributed by atoms with Crippen molar-refractivity contribution >= 4 is 10.0 Å². The SMILES string of the molecule is Cc1c(CN)cccc1S(=O)(=O)NCc1cccnc1. The van der Waals surface area contributed by atoms with Gasteiger partial charge < -0.3 is 5.73 Å². The lowest BCUT2D eigenvalue weighted by molar-refractivity contribution is 0.580. The maximum Gasteiger partial charge on any atom is 0.241 e. The van der Waals surface area contributed by atoms with E-state index in [4.69, 9.17) is 5.73 Å². The summed E-state index contributed by atoms with van der Waals surface area (Å²) in [6.45, 7) is 2.29. The summed E-state index contributed by atoms with van der Waals surface area (Å²) in [6.07, 6.45) is 3.28. The molecule has 20 heavy (non-hydrogen) atoms. The summed E-state index contributed by atoms with van der Waals surface area (Å²) in [5.41, 5.74) is 7.93. The number of rotatable bonds is 5. The van der Waals surface area contributed by atoms with E-state index in [9.17, 15) is 8.42 Å². The molecule has 0 aliphatic rings.